The predicted molar refractivity (Wildman–Crippen MR) is 66.2 cm³/mol. The van der Waals surface area contributed by atoms with Gasteiger partial charge >= 0.3 is 0 Å². The van der Waals surface area contributed by atoms with E-state index in [-0.39, 0.29) is 0 Å². The smallest absolute Gasteiger partial charge is 0.103 e. The first-order valence-corrected chi connectivity index (χ1v) is 5.86. The van der Waals surface area contributed by atoms with Gasteiger partial charge in [0.15, 0.2) is 0 Å². The molecule has 86 valence electrons. The molecule has 0 amide bonds. The first kappa shape index (κ1) is 11.4. The van der Waals surface area contributed by atoms with Crippen molar-refractivity contribution in [3.05, 3.63) is 48.0 Å². The molecule has 1 unspecified atom stereocenters. The number of benzene rings is 1. The fourth-order valence-corrected chi connectivity index (χ4v) is 2.27. The number of rotatable bonds is 3. The van der Waals surface area contributed by atoms with Crippen LogP contribution < -0.4 is 0 Å². The van der Waals surface area contributed by atoms with Gasteiger partial charge in [-0.15, -0.1) is 0 Å². The van der Waals surface area contributed by atoms with Crippen molar-refractivity contribution < 1.29 is 5.11 Å². The lowest BCUT2D eigenvalue weighted by molar-refractivity contribution is 0.0474. The number of hydrogen-bond acceptors (Lipinski definition) is 2. The average molecular weight is 217 g/mol. The zero-order valence-electron chi connectivity index (χ0n) is 9.76. The van der Waals surface area contributed by atoms with Crippen LogP contribution in [-0.2, 0) is 5.60 Å². The molecule has 16 heavy (non-hydrogen) atoms. The maximum absolute atomic E-state index is 10.6. The van der Waals surface area contributed by atoms with Gasteiger partial charge < -0.3 is 5.11 Å². The maximum Gasteiger partial charge on any atom is 0.103 e. The van der Waals surface area contributed by atoms with Crippen LogP contribution in [0.3, 0.4) is 0 Å². The molecule has 1 atom stereocenters. The van der Waals surface area contributed by atoms with Crippen LogP contribution in [0.25, 0.3) is 0 Å². The van der Waals surface area contributed by atoms with E-state index >= 15 is 0 Å². The van der Waals surface area contributed by atoms with Crippen LogP contribution in [0.15, 0.2) is 42.5 Å². The highest BCUT2D eigenvalue weighted by atomic mass is 16.3. The van der Waals surface area contributed by atoms with Crippen LogP contribution in [0.1, 0.15) is 18.9 Å². The van der Waals surface area contributed by atoms with Crippen molar-refractivity contribution in [3.63, 3.8) is 0 Å². The zero-order valence-corrected chi connectivity index (χ0v) is 9.76. The van der Waals surface area contributed by atoms with Gasteiger partial charge in [-0.05, 0) is 18.9 Å². The van der Waals surface area contributed by atoms with Gasteiger partial charge in [-0.25, -0.2) is 0 Å². The van der Waals surface area contributed by atoms with Crippen molar-refractivity contribution in [2.45, 2.75) is 18.9 Å². The molecule has 1 heterocycles. The number of nitrogens with zero attached hydrogens (tertiary/aromatic N) is 1. The third-order valence-corrected chi connectivity index (χ3v) is 3.24. The first-order chi connectivity index (χ1) is 7.74. The van der Waals surface area contributed by atoms with Crippen LogP contribution in [0, 0.1) is 0 Å². The summed E-state index contributed by atoms with van der Waals surface area (Å²) in [5.41, 5.74) is 0.390. The molecule has 1 fully saturated rings. The lowest BCUT2D eigenvalue weighted by Gasteiger charge is -2.23. The molecule has 0 bridgehead atoms. The normalized spacial score (nSPS) is 26.6. The fraction of sp³-hybridized carbons (Fsp3) is 0.429. The molecule has 2 rings (SSSR count). The summed E-state index contributed by atoms with van der Waals surface area (Å²) in [4.78, 5) is 2.28. The Bertz CT molecular complexity index is 360. The molecule has 1 saturated heterocycles. The molecule has 1 aliphatic heterocycles. The molecular formula is C14H19NO. The predicted octanol–water partition coefficient (Wildman–Crippen LogP) is 2.16. The Morgan fingerprint density at radius 3 is 2.81 bits per heavy atom. The van der Waals surface area contributed by atoms with E-state index in [2.05, 4.69) is 17.1 Å². The zero-order chi connectivity index (χ0) is 11.4. The van der Waals surface area contributed by atoms with Gasteiger partial charge in [0.05, 0.1) is 0 Å². The number of likely N-dealkylation sites (tertiary alicyclic amines) is 1. The van der Waals surface area contributed by atoms with Crippen molar-refractivity contribution in [3.8, 4) is 0 Å². The highest BCUT2D eigenvalue weighted by Crippen LogP contribution is 2.31. The van der Waals surface area contributed by atoms with Crippen molar-refractivity contribution in [2.75, 3.05) is 19.6 Å². The third-order valence-electron chi connectivity index (χ3n) is 3.24. The average Bonchev–Trinajstić information content (AvgIpc) is 2.71. The summed E-state index contributed by atoms with van der Waals surface area (Å²) >= 11 is 0. The minimum atomic E-state index is -0.650. The minimum absolute atomic E-state index is 0.650. The second kappa shape index (κ2) is 4.81. The van der Waals surface area contributed by atoms with Gasteiger partial charge in [-0.3, -0.25) is 4.90 Å². The summed E-state index contributed by atoms with van der Waals surface area (Å²) in [6, 6.07) is 9.99. The number of hydrogen-bond donors (Lipinski definition) is 1. The highest BCUT2D eigenvalue weighted by Gasteiger charge is 2.36. The minimum Gasteiger partial charge on any atom is -0.384 e. The number of β-amino-alcohol motifs (C(OH)–C–C–N with tert-alkyl or cyclic N) is 1. The van der Waals surface area contributed by atoms with Crippen molar-refractivity contribution in [1.82, 2.24) is 4.90 Å². The lowest BCUT2D eigenvalue weighted by Crippen LogP contribution is -2.30. The van der Waals surface area contributed by atoms with Crippen molar-refractivity contribution in [2.24, 2.45) is 0 Å². The fourth-order valence-electron chi connectivity index (χ4n) is 2.27. The molecule has 0 saturated carbocycles. The molecule has 2 heteroatoms. The van der Waals surface area contributed by atoms with Gasteiger partial charge in [0, 0.05) is 19.6 Å². The molecule has 0 spiro atoms. The van der Waals surface area contributed by atoms with Gasteiger partial charge in [0.25, 0.3) is 0 Å². The van der Waals surface area contributed by atoms with Crippen LogP contribution in [0.2, 0.25) is 0 Å². The van der Waals surface area contributed by atoms with E-state index < -0.39 is 5.60 Å². The summed E-state index contributed by atoms with van der Waals surface area (Å²) < 4.78 is 0. The molecule has 1 aromatic carbocycles. The molecule has 0 aromatic heterocycles. The van der Waals surface area contributed by atoms with Crippen LogP contribution in [0.5, 0.6) is 0 Å². The second-order valence-corrected chi connectivity index (χ2v) is 4.45. The van der Waals surface area contributed by atoms with Crippen molar-refractivity contribution >= 4 is 0 Å². The van der Waals surface area contributed by atoms with E-state index in [1.165, 1.54) is 0 Å². The molecule has 0 aliphatic carbocycles. The largest absolute Gasteiger partial charge is 0.384 e. The molecule has 2 nitrogen and oxygen atoms in total. The molecular weight excluding hydrogens is 198 g/mol. The van der Waals surface area contributed by atoms with Crippen LogP contribution in [-0.4, -0.2) is 29.6 Å². The van der Waals surface area contributed by atoms with E-state index in [0.29, 0.717) is 0 Å². The van der Waals surface area contributed by atoms with Gasteiger partial charge in [0.2, 0.25) is 0 Å². The van der Waals surface area contributed by atoms with E-state index in [0.717, 1.165) is 31.6 Å². The quantitative estimate of drug-likeness (QED) is 0.784. The lowest BCUT2D eigenvalue weighted by atomic mass is 9.93. The van der Waals surface area contributed by atoms with E-state index in [9.17, 15) is 5.11 Å². The van der Waals surface area contributed by atoms with Gasteiger partial charge in [-0.2, -0.15) is 0 Å². The molecule has 1 N–H and O–H groups in total. The number of aliphatic hydroxyl groups is 1. The number of allylic oxidation sites excluding steroid dienone is 1. The van der Waals surface area contributed by atoms with E-state index in [1.807, 2.05) is 37.3 Å². The van der Waals surface area contributed by atoms with Crippen LogP contribution in [0.4, 0.5) is 0 Å². The Morgan fingerprint density at radius 2 is 2.12 bits per heavy atom. The topological polar surface area (TPSA) is 23.5 Å². The summed E-state index contributed by atoms with van der Waals surface area (Å²) in [7, 11) is 0. The third kappa shape index (κ3) is 2.34. The molecule has 0 radical (unpaired) electrons. The standard InChI is InChI=1S/C14H19NO/c1-2-3-10-15-11-9-14(16,12-15)13-7-5-4-6-8-13/h2-8,16H,9-12H2,1H3. The maximum atomic E-state index is 10.6. The van der Waals surface area contributed by atoms with E-state index in [4.69, 9.17) is 0 Å². The van der Waals surface area contributed by atoms with Crippen molar-refractivity contribution in [1.29, 1.82) is 0 Å². The summed E-state index contributed by atoms with van der Waals surface area (Å²) in [6.07, 6.45) is 5.02. The van der Waals surface area contributed by atoms with Gasteiger partial charge in [-0.1, -0.05) is 42.5 Å². The SMILES string of the molecule is CC=CCN1CCC(O)(c2ccccc2)C1. The molecule has 1 aliphatic rings. The Morgan fingerprint density at radius 1 is 1.38 bits per heavy atom. The molecule has 1 aromatic rings. The summed E-state index contributed by atoms with van der Waals surface area (Å²) in [5.74, 6) is 0. The van der Waals surface area contributed by atoms with Gasteiger partial charge in [0.1, 0.15) is 5.60 Å². The summed E-state index contributed by atoms with van der Waals surface area (Å²) in [6.45, 7) is 4.67. The Hall–Kier alpha value is -1.12. The Kier molecular flexibility index (Phi) is 3.42. The summed E-state index contributed by atoms with van der Waals surface area (Å²) in [5, 5.41) is 10.6. The van der Waals surface area contributed by atoms with Crippen LogP contribution >= 0.6 is 0 Å². The second-order valence-electron chi connectivity index (χ2n) is 4.45. The monoisotopic (exact) mass is 217 g/mol. The Labute approximate surface area is 97.2 Å². The highest BCUT2D eigenvalue weighted by molar-refractivity contribution is 5.24. The first-order valence-electron chi connectivity index (χ1n) is 5.86. The Balaban J connectivity index is 2.06. The van der Waals surface area contributed by atoms with E-state index in [1.54, 1.807) is 0 Å².